The van der Waals surface area contributed by atoms with Crippen LogP contribution in [0.5, 0.6) is 0 Å². The molecule has 0 heterocycles. The topological polar surface area (TPSA) is 35.5 Å². The Kier molecular flexibility index (Phi) is 8.94. The lowest BCUT2D eigenvalue weighted by Crippen LogP contribution is -2.46. The zero-order valence-electron chi connectivity index (χ0n) is 14.5. The maximum Gasteiger partial charge on any atom is 0.320 e. The molecule has 0 bridgehead atoms. The molecule has 120 valence electrons. The van der Waals surface area contributed by atoms with Crippen LogP contribution in [0.3, 0.4) is 0 Å². The van der Waals surface area contributed by atoms with E-state index in [-0.39, 0.29) is 5.97 Å². The van der Waals surface area contributed by atoms with Gasteiger partial charge in [-0.1, -0.05) is 41.5 Å². The molecule has 0 rings (SSSR count). The third kappa shape index (κ3) is 5.00. The Balaban J connectivity index is 4.78. The van der Waals surface area contributed by atoms with Gasteiger partial charge in [0.2, 0.25) is 0 Å². The first-order chi connectivity index (χ1) is 9.38. The van der Waals surface area contributed by atoms with Crippen LogP contribution in [0, 0.1) is 0 Å². The van der Waals surface area contributed by atoms with Crippen molar-refractivity contribution in [2.75, 3.05) is 0 Å². The van der Waals surface area contributed by atoms with E-state index in [9.17, 15) is 4.79 Å². The summed E-state index contributed by atoms with van der Waals surface area (Å²) in [5.74, 6) is -0.130. The average molecular weight is 319 g/mol. The molecule has 20 heavy (non-hydrogen) atoms. The van der Waals surface area contributed by atoms with Crippen molar-refractivity contribution in [2.45, 2.75) is 90.8 Å². The monoisotopic (exact) mass is 318 g/mol. The molecule has 0 saturated heterocycles. The zero-order chi connectivity index (χ0) is 15.8. The molecule has 0 aliphatic rings. The second-order valence-corrected chi connectivity index (χ2v) is 15.1. The lowest BCUT2D eigenvalue weighted by atomic mass is 10.4. The Morgan fingerprint density at radius 3 is 1.45 bits per heavy atom. The quantitative estimate of drug-likeness (QED) is 0.535. The van der Waals surface area contributed by atoms with Gasteiger partial charge in [-0.15, -0.1) is 0 Å². The maximum absolute atomic E-state index is 12.4. The van der Waals surface area contributed by atoms with Crippen LogP contribution in [0.4, 0.5) is 0 Å². The second-order valence-electron chi connectivity index (χ2n) is 5.67. The lowest BCUT2D eigenvalue weighted by molar-refractivity contribution is -0.142. The fraction of sp³-hybridized carbons (Fsp3) is 0.933. The Morgan fingerprint density at radius 2 is 1.15 bits per heavy atom. The predicted molar refractivity (Wildman–Crippen MR) is 91.0 cm³/mol. The van der Waals surface area contributed by atoms with Crippen molar-refractivity contribution in [3.05, 3.63) is 0 Å². The molecule has 0 aliphatic carbocycles. The summed E-state index contributed by atoms with van der Waals surface area (Å²) in [4.78, 5) is 12.4. The van der Waals surface area contributed by atoms with Crippen molar-refractivity contribution in [1.82, 2.24) is 0 Å². The SMILES string of the molecule is CC[Si](CC)(CC)OC(=O)C(C)O[Si](CC)(CC)CC. The number of carbonyl (C=O) groups is 1. The van der Waals surface area contributed by atoms with Crippen molar-refractivity contribution < 1.29 is 13.6 Å². The van der Waals surface area contributed by atoms with Crippen LogP contribution in [0.15, 0.2) is 0 Å². The molecular weight excluding hydrogens is 284 g/mol. The first-order valence-electron chi connectivity index (χ1n) is 8.28. The maximum atomic E-state index is 12.4. The minimum atomic E-state index is -1.86. The van der Waals surface area contributed by atoms with Gasteiger partial charge >= 0.3 is 5.97 Å². The van der Waals surface area contributed by atoms with Crippen LogP contribution in [0.25, 0.3) is 0 Å². The van der Waals surface area contributed by atoms with Crippen molar-refractivity contribution in [3.8, 4) is 0 Å². The zero-order valence-corrected chi connectivity index (χ0v) is 16.5. The molecule has 0 saturated carbocycles. The molecule has 0 amide bonds. The molecule has 3 nitrogen and oxygen atoms in total. The molecular formula is C15H34O3Si2. The number of hydrogen-bond donors (Lipinski definition) is 0. The van der Waals surface area contributed by atoms with E-state index in [2.05, 4.69) is 41.5 Å². The highest BCUT2D eigenvalue weighted by Gasteiger charge is 2.37. The smallest absolute Gasteiger partial charge is 0.320 e. The summed E-state index contributed by atoms with van der Waals surface area (Å²) in [6.07, 6.45) is -0.405. The Hall–Kier alpha value is -0.136. The standard InChI is InChI=1S/C15H34O3Si2/c1-8-19(9-2,10-3)17-14(7)15(16)18-20(11-4,12-5)13-6/h14H,8-13H2,1-7H3. The highest BCUT2D eigenvalue weighted by molar-refractivity contribution is 6.75. The summed E-state index contributed by atoms with van der Waals surface area (Å²) in [5.41, 5.74) is 0. The Labute approximate surface area is 127 Å². The summed E-state index contributed by atoms with van der Waals surface area (Å²) >= 11 is 0. The second kappa shape index (κ2) is 9.00. The van der Waals surface area contributed by atoms with E-state index in [1.165, 1.54) is 0 Å². The summed E-state index contributed by atoms with van der Waals surface area (Å²) in [5, 5.41) is 0. The molecule has 5 heteroatoms. The van der Waals surface area contributed by atoms with Crippen LogP contribution < -0.4 is 0 Å². The summed E-state index contributed by atoms with van der Waals surface area (Å²) in [7, 11) is -3.60. The first kappa shape index (κ1) is 19.9. The fourth-order valence-corrected chi connectivity index (χ4v) is 8.06. The van der Waals surface area contributed by atoms with E-state index in [1.807, 2.05) is 6.92 Å². The molecule has 1 atom stereocenters. The normalized spacial score (nSPS) is 14.2. The third-order valence-corrected chi connectivity index (χ3v) is 14.2. The van der Waals surface area contributed by atoms with Gasteiger partial charge in [0.25, 0.3) is 8.32 Å². The summed E-state index contributed by atoms with van der Waals surface area (Å²) in [6, 6.07) is 6.18. The molecule has 0 spiro atoms. The van der Waals surface area contributed by atoms with E-state index in [1.54, 1.807) is 0 Å². The molecule has 0 aromatic heterocycles. The Bertz CT molecular complexity index is 270. The first-order valence-corrected chi connectivity index (χ1v) is 13.3. The van der Waals surface area contributed by atoms with Gasteiger partial charge in [0.1, 0.15) is 6.10 Å². The van der Waals surface area contributed by atoms with Crippen molar-refractivity contribution in [2.24, 2.45) is 0 Å². The molecule has 0 fully saturated rings. The van der Waals surface area contributed by atoms with Gasteiger partial charge in [0.05, 0.1) is 0 Å². The molecule has 0 aromatic rings. The van der Waals surface area contributed by atoms with E-state index >= 15 is 0 Å². The Morgan fingerprint density at radius 1 is 0.800 bits per heavy atom. The fourth-order valence-electron chi connectivity index (χ4n) is 2.69. The molecule has 0 aromatic carbocycles. The third-order valence-electron chi connectivity index (χ3n) is 4.94. The van der Waals surface area contributed by atoms with Gasteiger partial charge in [-0.3, -0.25) is 4.79 Å². The van der Waals surface area contributed by atoms with Crippen LogP contribution >= 0.6 is 0 Å². The van der Waals surface area contributed by atoms with Crippen molar-refractivity contribution in [3.63, 3.8) is 0 Å². The minimum absolute atomic E-state index is 0.130. The minimum Gasteiger partial charge on any atom is -0.517 e. The van der Waals surface area contributed by atoms with Gasteiger partial charge in [-0.25, -0.2) is 0 Å². The van der Waals surface area contributed by atoms with Gasteiger partial charge in [-0.05, 0) is 43.2 Å². The van der Waals surface area contributed by atoms with E-state index < -0.39 is 22.7 Å². The van der Waals surface area contributed by atoms with Crippen LogP contribution in [0.1, 0.15) is 48.5 Å². The van der Waals surface area contributed by atoms with Gasteiger partial charge in [0.15, 0.2) is 8.32 Å². The number of carbonyl (C=O) groups excluding carboxylic acids is 1. The summed E-state index contributed by atoms with van der Waals surface area (Å²) < 4.78 is 12.1. The van der Waals surface area contributed by atoms with E-state index in [0.717, 1.165) is 36.3 Å². The van der Waals surface area contributed by atoms with Crippen molar-refractivity contribution >= 4 is 22.6 Å². The molecule has 0 aliphatic heterocycles. The molecule has 0 radical (unpaired) electrons. The van der Waals surface area contributed by atoms with E-state index in [4.69, 9.17) is 8.85 Å². The lowest BCUT2D eigenvalue weighted by Gasteiger charge is -2.33. The summed E-state index contributed by atoms with van der Waals surface area (Å²) in [6.45, 7) is 14.8. The predicted octanol–water partition coefficient (Wildman–Crippen LogP) is 4.95. The molecule has 1 unspecified atom stereocenters. The highest BCUT2D eigenvalue weighted by Crippen LogP contribution is 2.26. The van der Waals surface area contributed by atoms with Crippen molar-refractivity contribution in [1.29, 1.82) is 0 Å². The molecule has 0 N–H and O–H groups in total. The highest BCUT2D eigenvalue weighted by atomic mass is 28.4. The van der Waals surface area contributed by atoms with Gasteiger partial charge in [-0.2, -0.15) is 0 Å². The average Bonchev–Trinajstić information content (AvgIpc) is 2.50. The largest absolute Gasteiger partial charge is 0.517 e. The number of hydrogen-bond acceptors (Lipinski definition) is 3. The van der Waals surface area contributed by atoms with Crippen LogP contribution in [0.2, 0.25) is 36.3 Å². The van der Waals surface area contributed by atoms with Crippen LogP contribution in [-0.2, 0) is 13.6 Å². The van der Waals surface area contributed by atoms with Gasteiger partial charge in [0, 0.05) is 0 Å². The van der Waals surface area contributed by atoms with Crippen LogP contribution in [-0.4, -0.2) is 28.7 Å². The van der Waals surface area contributed by atoms with Gasteiger partial charge < -0.3 is 8.85 Å². The van der Waals surface area contributed by atoms with E-state index in [0.29, 0.717) is 0 Å². The number of rotatable bonds is 10.